The molecule has 9 nitrogen and oxygen atoms in total. The molecule has 160 valence electrons. The van der Waals surface area contributed by atoms with Gasteiger partial charge in [0.15, 0.2) is 11.5 Å². The number of benzene rings is 2. The van der Waals surface area contributed by atoms with Crippen LogP contribution in [0.4, 0.5) is 10.1 Å². The first-order chi connectivity index (χ1) is 14.9. The fourth-order valence-corrected chi connectivity index (χ4v) is 2.68. The van der Waals surface area contributed by atoms with Crippen LogP contribution in [-0.2, 0) is 6.61 Å². The summed E-state index contributed by atoms with van der Waals surface area (Å²) in [5.41, 5.74) is -1.04. The Hall–Kier alpha value is -4.21. The van der Waals surface area contributed by atoms with E-state index in [-0.39, 0.29) is 18.2 Å². The Kier molecular flexibility index (Phi) is 6.61. The molecular weight excluding hydrogens is 409 g/mol. The van der Waals surface area contributed by atoms with Crippen LogP contribution in [0.15, 0.2) is 47.3 Å². The fraction of sp³-hybridized carbons (Fsp3) is 0.143. The zero-order chi connectivity index (χ0) is 22.4. The van der Waals surface area contributed by atoms with Crippen molar-refractivity contribution >= 4 is 17.8 Å². The lowest BCUT2D eigenvalue weighted by molar-refractivity contribution is -0.387. The van der Waals surface area contributed by atoms with Crippen LogP contribution in [0.3, 0.4) is 0 Å². The Labute approximate surface area is 175 Å². The minimum atomic E-state index is -1.07. The molecule has 0 fully saturated rings. The van der Waals surface area contributed by atoms with Crippen molar-refractivity contribution in [2.75, 3.05) is 6.61 Å². The standard InChI is InChI=1S/C21H18FN3O6/c1-2-30-17-11-13(7-9-16(17)31-12-14-5-3-4-6-15(14)22)8-10-18-23-20(26)19(25(28)29)21(27)24-18/h3-11H,2,12H2,1H3,(H2,23,24,26,27). The monoisotopic (exact) mass is 427 g/mol. The average Bonchev–Trinajstić information content (AvgIpc) is 2.72. The first-order valence-corrected chi connectivity index (χ1v) is 9.18. The Morgan fingerprint density at radius 2 is 1.97 bits per heavy atom. The van der Waals surface area contributed by atoms with Crippen LogP contribution in [0.25, 0.3) is 12.2 Å². The Balaban J connectivity index is 1.81. The molecule has 0 aliphatic heterocycles. The summed E-state index contributed by atoms with van der Waals surface area (Å²) in [7, 11) is 0. The zero-order valence-electron chi connectivity index (χ0n) is 16.4. The highest BCUT2D eigenvalue weighted by molar-refractivity contribution is 5.68. The third-order valence-electron chi connectivity index (χ3n) is 4.12. The molecule has 0 bridgehead atoms. The van der Waals surface area contributed by atoms with Crippen LogP contribution < -0.4 is 15.0 Å². The van der Waals surface area contributed by atoms with Crippen molar-refractivity contribution in [2.24, 2.45) is 0 Å². The molecule has 31 heavy (non-hydrogen) atoms. The number of hydrogen-bond donors (Lipinski definition) is 2. The van der Waals surface area contributed by atoms with E-state index in [9.17, 15) is 24.4 Å². The van der Waals surface area contributed by atoms with E-state index < -0.39 is 22.0 Å². The van der Waals surface area contributed by atoms with Gasteiger partial charge in [0.05, 0.1) is 11.5 Å². The molecule has 1 aromatic heterocycles. The van der Waals surface area contributed by atoms with Crippen LogP contribution in [0.2, 0.25) is 0 Å². The molecule has 0 aliphatic carbocycles. The van der Waals surface area contributed by atoms with E-state index in [4.69, 9.17) is 9.47 Å². The van der Waals surface area contributed by atoms with E-state index in [1.54, 1.807) is 49.4 Å². The Morgan fingerprint density at radius 3 is 2.65 bits per heavy atom. The van der Waals surface area contributed by atoms with E-state index in [2.05, 4.69) is 9.97 Å². The minimum absolute atomic E-state index is 0.0230. The lowest BCUT2D eigenvalue weighted by atomic mass is 10.2. The lowest BCUT2D eigenvalue weighted by Gasteiger charge is -2.13. The predicted octanol–water partition coefficient (Wildman–Crippen LogP) is 3.67. The van der Waals surface area contributed by atoms with Gasteiger partial charge in [0, 0.05) is 5.56 Å². The first kappa shape index (κ1) is 21.5. The fourth-order valence-electron chi connectivity index (χ4n) is 2.68. The van der Waals surface area contributed by atoms with Gasteiger partial charge in [-0.25, -0.2) is 4.39 Å². The van der Waals surface area contributed by atoms with E-state index in [1.165, 1.54) is 12.1 Å². The van der Waals surface area contributed by atoms with Crippen LogP contribution in [0.1, 0.15) is 23.9 Å². The number of aromatic nitrogens is 2. The third kappa shape index (κ3) is 5.24. The molecule has 0 saturated heterocycles. The van der Waals surface area contributed by atoms with Crippen molar-refractivity contribution in [1.82, 2.24) is 9.97 Å². The molecule has 3 aromatic rings. The van der Waals surface area contributed by atoms with Crippen molar-refractivity contribution < 1.29 is 23.9 Å². The van der Waals surface area contributed by atoms with Crippen LogP contribution in [0, 0.1) is 15.9 Å². The molecule has 2 aromatic carbocycles. The van der Waals surface area contributed by atoms with Crippen molar-refractivity contribution in [2.45, 2.75) is 13.5 Å². The van der Waals surface area contributed by atoms with Gasteiger partial charge in [0.1, 0.15) is 18.2 Å². The second-order valence-electron chi connectivity index (χ2n) is 6.23. The van der Waals surface area contributed by atoms with Gasteiger partial charge in [0.2, 0.25) is 0 Å². The molecular formula is C21H18FN3O6. The number of nitrogens with zero attached hydrogens (tertiary/aromatic N) is 2. The molecule has 0 unspecified atom stereocenters. The smallest absolute Gasteiger partial charge is 0.395 e. The number of hydrogen-bond acceptors (Lipinski definition) is 7. The van der Waals surface area contributed by atoms with Crippen LogP contribution in [-0.4, -0.2) is 26.6 Å². The van der Waals surface area contributed by atoms with Gasteiger partial charge in [-0.2, -0.15) is 4.98 Å². The van der Waals surface area contributed by atoms with Crippen molar-refractivity contribution in [3.63, 3.8) is 0 Å². The molecule has 0 spiro atoms. The molecule has 3 rings (SSSR count). The molecule has 1 heterocycles. The maximum absolute atomic E-state index is 13.8. The van der Waals surface area contributed by atoms with Gasteiger partial charge in [-0.1, -0.05) is 30.3 Å². The maximum atomic E-state index is 13.8. The average molecular weight is 427 g/mol. The normalized spacial score (nSPS) is 10.9. The number of rotatable bonds is 8. The zero-order valence-corrected chi connectivity index (χ0v) is 16.4. The molecule has 0 saturated carbocycles. The van der Waals surface area contributed by atoms with Crippen molar-refractivity contribution in [3.05, 3.63) is 85.7 Å². The third-order valence-corrected chi connectivity index (χ3v) is 4.12. The predicted molar refractivity (Wildman–Crippen MR) is 110 cm³/mol. The van der Waals surface area contributed by atoms with Crippen molar-refractivity contribution in [3.8, 4) is 17.4 Å². The van der Waals surface area contributed by atoms with Gasteiger partial charge in [-0.15, -0.1) is 0 Å². The van der Waals surface area contributed by atoms with Gasteiger partial charge in [0.25, 0.3) is 5.88 Å². The molecule has 0 amide bonds. The van der Waals surface area contributed by atoms with E-state index in [0.29, 0.717) is 29.2 Å². The number of aromatic hydroxyl groups is 1. The minimum Gasteiger partial charge on any atom is -0.490 e. The number of H-pyrrole nitrogens is 1. The Morgan fingerprint density at radius 1 is 1.19 bits per heavy atom. The summed E-state index contributed by atoms with van der Waals surface area (Å²) in [5, 5.41) is 20.3. The summed E-state index contributed by atoms with van der Waals surface area (Å²) in [5.74, 6) is -0.560. The summed E-state index contributed by atoms with van der Waals surface area (Å²) in [6.07, 6.45) is 2.93. The maximum Gasteiger partial charge on any atom is 0.395 e. The summed E-state index contributed by atoms with van der Waals surface area (Å²) in [6, 6.07) is 11.3. The quantitative estimate of drug-likeness (QED) is 0.415. The second-order valence-corrected chi connectivity index (χ2v) is 6.23. The molecule has 10 heteroatoms. The largest absolute Gasteiger partial charge is 0.490 e. The summed E-state index contributed by atoms with van der Waals surface area (Å²) in [6.45, 7) is 2.20. The van der Waals surface area contributed by atoms with E-state index >= 15 is 0 Å². The summed E-state index contributed by atoms with van der Waals surface area (Å²) in [4.78, 5) is 27.3. The molecule has 2 N–H and O–H groups in total. The summed E-state index contributed by atoms with van der Waals surface area (Å²) < 4.78 is 25.1. The van der Waals surface area contributed by atoms with E-state index in [1.807, 2.05) is 0 Å². The van der Waals surface area contributed by atoms with Gasteiger partial charge in [-0.3, -0.25) is 14.9 Å². The van der Waals surface area contributed by atoms with Gasteiger partial charge in [-0.05, 0) is 36.8 Å². The highest BCUT2D eigenvalue weighted by Gasteiger charge is 2.21. The van der Waals surface area contributed by atoms with Crippen molar-refractivity contribution in [1.29, 1.82) is 0 Å². The molecule has 0 radical (unpaired) electrons. The van der Waals surface area contributed by atoms with E-state index in [0.717, 1.165) is 0 Å². The van der Waals surface area contributed by atoms with Crippen LogP contribution in [0.5, 0.6) is 17.4 Å². The summed E-state index contributed by atoms with van der Waals surface area (Å²) >= 11 is 0. The van der Waals surface area contributed by atoms with Gasteiger partial charge < -0.3 is 19.6 Å². The lowest BCUT2D eigenvalue weighted by Crippen LogP contribution is -2.14. The van der Waals surface area contributed by atoms with Gasteiger partial charge >= 0.3 is 11.2 Å². The van der Waals surface area contributed by atoms with Crippen LogP contribution >= 0.6 is 0 Å². The Bertz CT molecular complexity index is 1190. The highest BCUT2D eigenvalue weighted by Crippen LogP contribution is 2.30. The first-order valence-electron chi connectivity index (χ1n) is 9.18. The number of nitro groups is 1. The molecule has 0 aliphatic rings. The number of halogens is 1. The molecule has 0 atom stereocenters. The SMILES string of the molecule is CCOc1cc(C=Cc2nc(O)c([N+](=O)[O-])c(=O)[nH]2)ccc1OCc1ccccc1F. The topological polar surface area (TPSA) is 128 Å². The highest BCUT2D eigenvalue weighted by atomic mass is 19.1. The second kappa shape index (κ2) is 9.53. The number of nitrogens with one attached hydrogen (secondary N) is 1. The number of aromatic amines is 1. The number of ether oxygens (including phenoxy) is 2.